The van der Waals surface area contributed by atoms with Crippen LogP contribution in [0.25, 0.3) is 0 Å². The van der Waals surface area contributed by atoms with Crippen molar-refractivity contribution >= 4 is 11.6 Å². The average molecular weight is 334 g/mol. The minimum absolute atomic E-state index is 0.0898. The number of rotatable bonds is 7. The Kier molecular flexibility index (Phi) is 6.38. The summed E-state index contributed by atoms with van der Waals surface area (Å²) in [6.45, 7) is 9.55. The first kappa shape index (κ1) is 18.9. The average Bonchev–Trinajstić information content (AvgIpc) is 2.96. The van der Waals surface area contributed by atoms with Crippen LogP contribution >= 0.6 is 0 Å². The molecule has 1 aromatic carbocycles. The van der Waals surface area contributed by atoms with Crippen molar-refractivity contribution in [2.75, 3.05) is 24.6 Å². The van der Waals surface area contributed by atoms with Gasteiger partial charge in [0.25, 0.3) is 0 Å². The zero-order chi connectivity index (χ0) is 17.7. The lowest BCUT2D eigenvalue weighted by Gasteiger charge is -2.23. The number of hydrogen-bond donors (Lipinski definition) is 2. The second kappa shape index (κ2) is 8.10. The molecule has 2 N–H and O–H groups in total. The second-order valence-corrected chi connectivity index (χ2v) is 7.45. The van der Waals surface area contributed by atoms with Crippen LogP contribution in [-0.2, 0) is 9.53 Å². The molecule has 5 nitrogen and oxygen atoms in total. The molecular formula is C19H30N2O3. The molecule has 2 unspecified atom stereocenters. The number of ether oxygens (including phenoxy) is 1. The fourth-order valence-corrected chi connectivity index (χ4v) is 2.72. The minimum Gasteiger partial charge on any atom is -0.389 e. The maximum Gasteiger partial charge on any atom is 0.227 e. The van der Waals surface area contributed by atoms with Crippen molar-refractivity contribution in [1.29, 1.82) is 0 Å². The van der Waals surface area contributed by atoms with Crippen molar-refractivity contribution < 1.29 is 14.6 Å². The molecule has 1 fully saturated rings. The Morgan fingerprint density at radius 2 is 2.12 bits per heavy atom. The molecule has 1 aliphatic rings. The summed E-state index contributed by atoms with van der Waals surface area (Å²) in [5, 5.41) is 13.4. The van der Waals surface area contributed by atoms with Gasteiger partial charge in [-0.05, 0) is 51.8 Å². The van der Waals surface area contributed by atoms with Gasteiger partial charge >= 0.3 is 0 Å². The quantitative estimate of drug-likeness (QED) is 0.805. The van der Waals surface area contributed by atoms with Crippen molar-refractivity contribution in [2.45, 2.75) is 58.3 Å². The van der Waals surface area contributed by atoms with E-state index in [-0.39, 0.29) is 17.6 Å². The van der Waals surface area contributed by atoms with E-state index in [1.165, 1.54) is 0 Å². The van der Waals surface area contributed by atoms with E-state index >= 15 is 0 Å². The van der Waals surface area contributed by atoms with Crippen molar-refractivity contribution in [3.8, 4) is 0 Å². The van der Waals surface area contributed by atoms with E-state index in [0.717, 1.165) is 24.2 Å². The predicted molar refractivity (Wildman–Crippen MR) is 96.2 cm³/mol. The van der Waals surface area contributed by atoms with Gasteiger partial charge in [-0.1, -0.05) is 12.1 Å². The summed E-state index contributed by atoms with van der Waals surface area (Å²) in [7, 11) is 0. The van der Waals surface area contributed by atoms with E-state index in [9.17, 15) is 9.90 Å². The Morgan fingerprint density at radius 1 is 1.38 bits per heavy atom. The normalized spacial score (nSPS) is 18.0. The molecule has 1 saturated heterocycles. The fourth-order valence-electron chi connectivity index (χ4n) is 2.72. The molecular weight excluding hydrogens is 304 g/mol. The summed E-state index contributed by atoms with van der Waals surface area (Å²) in [6.07, 6.45) is 1.02. The van der Waals surface area contributed by atoms with Gasteiger partial charge in [-0.2, -0.15) is 0 Å². The highest BCUT2D eigenvalue weighted by Crippen LogP contribution is 2.24. The zero-order valence-electron chi connectivity index (χ0n) is 15.2. The van der Waals surface area contributed by atoms with Gasteiger partial charge < -0.3 is 20.1 Å². The van der Waals surface area contributed by atoms with Crippen LogP contribution in [0.3, 0.4) is 0 Å². The molecule has 0 radical (unpaired) electrons. The molecule has 0 aliphatic carbocycles. The highest BCUT2D eigenvalue weighted by molar-refractivity contribution is 5.95. The Hall–Kier alpha value is -1.43. The number of carbonyl (C=O) groups excluding carboxylic acids is 1. The van der Waals surface area contributed by atoms with Gasteiger partial charge in [-0.25, -0.2) is 0 Å². The van der Waals surface area contributed by atoms with E-state index in [1.54, 1.807) is 0 Å². The number of nitrogens with zero attached hydrogens (tertiary/aromatic N) is 1. The van der Waals surface area contributed by atoms with E-state index in [0.29, 0.717) is 19.6 Å². The number of aliphatic hydroxyl groups excluding tert-OH is 1. The number of carbonyl (C=O) groups is 1. The number of amides is 1. The number of benzene rings is 1. The molecule has 134 valence electrons. The van der Waals surface area contributed by atoms with Crippen molar-refractivity contribution in [2.24, 2.45) is 0 Å². The third-order valence-corrected chi connectivity index (χ3v) is 4.12. The Morgan fingerprint density at radius 3 is 2.75 bits per heavy atom. The van der Waals surface area contributed by atoms with Gasteiger partial charge in [-0.15, -0.1) is 0 Å². The van der Waals surface area contributed by atoms with Crippen LogP contribution in [0.5, 0.6) is 0 Å². The largest absolute Gasteiger partial charge is 0.389 e. The smallest absolute Gasteiger partial charge is 0.227 e. The molecule has 0 spiro atoms. The molecule has 1 aromatic rings. The van der Waals surface area contributed by atoms with Gasteiger partial charge in [0.1, 0.15) is 0 Å². The molecule has 0 aromatic heterocycles. The lowest BCUT2D eigenvalue weighted by atomic mass is 10.1. The minimum atomic E-state index is -0.546. The van der Waals surface area contributed by atoms with Gasteiger partial charge in [0.05, 0.1) is 18.3 Å². The summed E-state index contributed by atoms with van der Waals surface area (Å²) < 4.78 is 5.59. The third kappa shape index (κ3) is 5.58. The summed E-state index contributed by atoms with van der Waals surface area (Å²) in [5.41, 5.74) is 1.82. The summed E-state index contributed by atoms with van der Waals surface area (Å²) >= 11 is 0. The van der Waals surface area contributed by atoms with Crippen LogP contribution in [-0.4, -0.2) is 42.4 Å². The van der Waals surface area contributed by atoms with E-state index in [4.69, 9.17) is 4.74 Å². The predicted octanol–water partition coefficient (Wildman–Crippen LogP) is 2.64. The topological polar surface area (TPSA) is 61.8 Å². The van der Waals surface area contributed by atoms with Crippen molar-refractivity contribution in [1.82, 2.24) is 5.32 Å². The van der Waals surface area contributed by atoms with E-state index in [2.05, 4.69) is 18.3 Å². The first-order valence-corrected chi connectivity index (χ1v) is 8.72. The molecule has 0 saturated carbocycles. The van der Waals surface area contributed by atoms with Crippen LogP contribution in [0.4, 0.5) is 5.69 Å². The number of aliphatic hydroxyl groups is 1. The van der Waals surface area contributed by atoms with Crippen LogP contribution in [0.15, 0.2) is 24.3 Å². The van der Waals surface area contributed by atoms with Crippen LogP contribution in [0.1, 0.15) is 52.1 Å². The van der Waals surface area contributed by atoms with Crippen LogP contribution in [0, 0.1) is 0 Å². The van der Waals surface area contributed by atoms with Crippen molar-refractivity contribution in [3.05, 3.63) is 29.8 Å². The number of hydrogen-bond acceptors (Lipinski definition) is 4. The molecule has 1 aliphatic heterocycles. The second-order valence-electron chi connectivity index (χ2n) is 7.45. The van der Waals surface area contributed by atoms with Gasteiger partial charge in [-0.3, -0.25) is 4.79 Å². The van der Waals surface area contributed by atoms with Crippen LogP contribution in [0.2, 0.25) is 0 Å². The maximum absolute atomic E-state index is 11.9. The fraction of sp³-hybridized carbons (Fsp3) is 0.632. The zero-order valence-corrected chi connectivity index (χ0v) is 15.2. The first-order valence-electron chi connectivity index (χ1n) is 8.72. The molecule has 1 amide bonds. The van der Waals surface area contributed by atoms with Crippen LogP contribution < -0.4 is 10.2 Å². The third-order valence-electron chi connectivity index (χ3n) is 4.12. The molecule has 1 heterocycles. The summed E-state index contributed by atoms with van der Waals surface area (Å²) in [5.74, 6) is 0.197. The molecule has 2 rings (SSSR count). The highest BCUT2D eigenvalue weighted by atomic mass is 16.5. The number of anilines is 1. The lowest BCUT2D eigenvalue weighted by Crippen LogP contribution is -2.35. The summed E-state index contributed by atoms with van der Waals surface area (Å²) in [6, 6.07) is 8.14. The first-order chi connectivity index (χ1) is 11.3. The molecule has 2 atom stereocenters. The van der Waals surface area contributed by atoms with Gasteiger partial charge in [0.15, 0.2) is 0 Å². The van der Waals surface area contributed by atoms with E-state index in [1.807, 2.05) is 43.9 Å². The Labute approximate surface area is 145 Å². The lowest BCUT2D eigenvalue weighted by molar-refractivity contribution is -0.117. The Balaban J connectivity index is 1.88. The van der Waals surface area contributed by atoms with Crippen molar-refractivity contribution in [3.63, 3.8) is 0 Å². The molecule has 0 bridgehead atoms. The van der Waals surface area contributed by atoms with Gasteiger partial charge in [0.2, 0.25) is 5.91 Å². The SMILES string of the molecule is CC(NCC(O)COC(C)(C)C)c1cccc(N2CCCC2=O)c1. The summed E-state index contributed by atoms with van der Waals surface area (Å²) in [4.78, 5) is 13.7. The number of nitrogens with one attached hydrogen (secondary N) is 1. The van der Waals surface area contributed by atoms with E-state index < -0.39 is 6.10 Å². The molecule has 5 heteroatoms. The standard InChI is InChI=1S/C19H30N2O3/c1-14(20-12-17(22)13-24-19(2,3)4)15-7-5-8-16(11-15)21-10-6-9-18(21)23/h5,7-8,11,14,17,20,22H,6,9-10,12-13H2,1-4H3. The maximum atomic E-state index is 11.9. The Bertz CT molecular complexity index is 554. The van der Waals surface area contributed by atoms with Gasteiger partial charge in [0, 0.05) is 31.2 Å². The molecule has 24 heavy (non-hydrogen) atoms. The monoisotopic (exact) mass is 334 g/mol. The highest BCUT2D eigenvalue weighted by Gasteiger charge is 2.22.